The zero-order valence-corrected chi connectivity index (χ0v) is 15.4. The molecule has 0 amide bonds. The molecule has 2 aromatic rings. The molecule has 2 heterocycles. The van der Waals surface area contributed by atoms with Crippen molar-refractivity contribution in [1.82, 2.24) is 9.88 Å². The largest absolute Gasteiger partial charge is 0.497 e. The van der Waals surface area contributed by atoms with E-state index in [1.54, 1.807) is 7.11 Å². The zero-order chi connectivity index (χ0) is 17.6. The van der Waals surface area contributed by atoms with E-state index in [0.29, 0.717) is 12.0 Å². The number of piperidine rings is 1. The van der Waals surface area contributed by atoms with Gasteiger partial charge >= 0.3 is 0 Å². The number of methoxy groups -OCH3 is 2. The van der Waals surface area contributed by atoms with Crippen LogP contribution >= 0.6 is 0 Å². The van der Waals surface area contributed by atoms with Crippen LogP contribution in [0.25, 0.3) is 0 Å². The Morgan fingerprint density at radius 1 is 1.12 bits per heavy atom. The van der Waals surface area contributed by atoms with Crippen LogP contribution in [0.5, 0.6) is 5.75 Å². The fourth-order valence-corrected chi connectivity index (χ4v) is 3.72. The van der Waals surface area contributed by atoms with Crippen molar-refractivity contribution in [3.05, 3.63) is 59.4 Å². The number of benzene rings is 1. The quantitative estimate of drug-likeness (QED) is 0.806. The Bertz CT molecular complexity index is 672. The third-order valence-corrected chi connectivity index (χ3v) is 5.04. The molecular weight excluding hydrogens is 312 g/mol. The summed E-state index contributed by atoms with van der Waals surface area (Å²) in [5, 5.41) is 0. The Morgan fingerprint density at radius 2 is 1.92 bits per heavy atom. The summed E-state index contributed by atoms with van der Waals surface area (Å²) in [6.45, 7) is 5.07. The monoisotopic (exact) mass is 340 g/mol. The standard InChI is InChI=1S/C21H28N2O2/c1-16-5-4-6-19(22-16)15-23-12-11-21(25-3)18(14-23)13-17-7-9-20(24-2)10-8-17/h4-10,18,21H,11-15H2,1-3H3/t18-,21-/m0/s1. The number of pyridine rings is 1. The predicted octanol–water partition coefficient (Wildman–Crippen LogP) is 3.48. The second kappa shape index (κ2) is 8.45. The third-order valence-electron chi connectivity index (χ3n) is 5.04. The molecule has 1 aromatic heterocycles. The van der Waals surface area contributed by atoms with Crippen molar-refractivity contribution in [2.45, 2.75) is 32.4 Å². The highest BCUT2D eigenvalue weighted by Crippen LogP contribution is 2.25. The molecule has 0 bridgehead atoms. The molecule has 134 valence electrons. The highest BCUT2D eigenvalue weighted by atomic mass is 16.5. The van der Waals surface area contributed by atoms with Crippen LogP contribution < -0.4 is 4.74 Å². The Balaban J connectivity index is 1.65. The first-order chi connectivity index (χ1) is 12.2. The number of hydrogen-bond acceptors (Lipinski definition) is 4. The molecule has 4 nitrogen and oxygen atoms in total. The van der Waals surface area contributed by atoms with Crippen LogP contribution in [0.1, 0.15) is 23.4 Å². The fourth-order valence-electron chi connectivity index (χ4n) is 3.72. The summed E-state index contributed by atoms with van der Waals surface area (Å²) in [6.07, 6.45) is 2.42. The van der Waals surface area contributed by atoms with E-state index < -0.39 is 0 Å². The van der Waals surface area contributed by atoms with Gasteiger partial charge in [-0.2, -0.15) is 0 Å². The minimum Gasteiger partial charge on any atom is -0.497 e. The van der Waals surface area contributed by atoms with Crippen molar-refractivity contribution in [2.75, 3.05) is 27.3 Å². The smallest absolute Gasteiger partial charge is 0.118 e. The average molecular weight is 340 g/mol. The molecule has 0 N–H and O–H groups in total. The van der Waals surface area contributed by atoms with Crippen molar-refractivity contribution in [1.29, 1.82) is 0 Å². The second-order valence-electron chi connectivity index (χ2n) is 6.88. The molecule has 3 rings (SSSR count). The summed E-state index contributed by atoms with van der Waals surface area (Å²) in [4.78, 5) is 7.15. The lowest BCUT2D eigenvalue weighted by atomic mass is 9.88. The van der Waals surface area contributed by atoms with Crippen molar-refractivity contribution >= 4 is 0 Å². The number of rotatable bonds is 6. The number of ether oxygens (including phenoxy) is 2. The van der Waals surface area contributed by atoms with Gasteiger partial charge in [-0.05, 0) is 49.6 Å². The molecule has 0 aliphatic carbocycles. The molecule has 1 saturated heterocycles. The van der Waals surface area contributed by atoms with E-state index in [1.807, 2.05) is 32.2 Å². The second-order valence-corrected chi connectivity index (χ2v) is 6.88. The number of aryl methyl sites for hydroxylation is 1. The van der Waals surface area contributed by atoms with E-state index in [-0.39, 0.29) is 0 Å². The minimum absolute atomic E-state index is 0.323. The summed E-state index contributed by atoms with van der Waals surface area (Å²) in [7, 11) is 3.54. The molecule has 2 atom stereocenters. The minimum atomic E-state index is 0.323. The molecule has 25 heavy (non-hydrogen) atoms. The van der Waals surface area contributed by atoms with Gasteiger partial charge in [0.1, 0.15) is 5.75 Å². The van der Waals surface area contributed by atoms with Crippen molar-refractivity contribution in [2.24, 2.45) is 5.92 Å². The molecule has 0 spiro atoms. The Hall–Kier alpha value is -1.91. The summed E-state index contributed by atoms with van der Waals surface area (Å²) < 4.78 is 11.0. The molecule has 0 radical (unpaired) electrons. The van der Waals surface area contributed by atoms with Gasteiger partial charge in [-0.25, -0.2) is 0 Å². The zero-order valence-electron chi connectivity index (χ0n) is 15.4. The van der Waals surface area contributed by atoms with E-state index >= 15 is 0 Å². The van der Waals surface area contributed by atoms with E-state index in [2.05, 4.69) is 34.1 Å². The van der Waals surface area contributed by atoms with Gasteiger partial charge < -0.3 is 9.47 Å². The maximum absolute atomic E-state index is 5.77. The van der Waals surface area contributed by atoms with E-state index in [4.69, 9.17) is 9.47 Å². The van der Waals surface area contributed by atoms with Crippen molar-refractivity contribution in [3.8, 4) is 5.75 Å². The molecule has 1 aliphatic rings. The topological polar surface area (TPSA) is 34.6 Å². The van der Waals surface area contributed by atoms with Crippen LogP contribution in [0.4, 0.5) is 0 Å². The third kappa shape index (κ3) is 4.80. The maximum atomic E-state index is 5.77. The van der Waals surface area contributed by atoms with Gasteiger partial charge in [-0.3, -0.25) is 9.88 Å². The Labute approximate surface area is 150 Å². The molecular formula is C21H28N2O2. The fraction of sp³-hybridized carbons (Fsp3) is 0.476. The van der Waals surface area contributed by atoms with E-state index in [9.17, 15) is 0 Å². The van der Waals surface area contributed by atoms with Gasteiger partial charge in [0, 0.05) is 38.4 Å². The normalized spacial score (nSPS) is 21.2. The van der Waals surface area contributed by atoms with Gasteiger partial charge in [0.2, 0.25) is 0 Å². The van der Waals surface area contributed by atoms with Crippen LogP contribution in [0.2, 0.25) is 0 Å². The first-order valence-electron chi connectivity index (χ1n) is 8.98. The maximum Gasteiger partial charge on any atom is 0.118 e. The average Bonchev–Trinajstić information content (AvgIpc) is 2.63. The summed E-state index contributed by atoms with van der Waals surface area (Å²) >= 11 is 0. The number of nitrogens with zero attached hydrogens (tertiary/aromatic N) is 2. The van der Waals surface area contributed by atoms with Crippen molar-refractivity contribution in [3.63, 3.8) is 0 Å². The summed E-state index contributed by atoms with van der Waals surface area (Å²) in [5.74, 6) is 1.40. The van der Waals surface area contributed by atoms with E-state index in [1.165, 1.54) is 5.56 Å². The lowest BCUT2D eigenvalue weighted by Crippen LogP contribution is -2.44. The lowest BCUT2D eigenvalue weighted by Gasteiger charge is -2.38. The van der Waals surface area contributed by atoms with Crippen LogP contribution in [-0.4, -0.2) is 43.3 Å². The molecule has 0 saturated carbocycles. The van der Waals surface area contributed by atoms with E-state index in [0.717, 1.165) is 49.6 Å². The van der Waals surface area contributed by atoms with Crippen LogP contribution in [0.15, 0.2) is 42.5 Å². The van der Waals surface area contributed by atoms with Gasteiger partial charge in [-0.15, -0.1) is 0 Å². The molecule has 4 heteroatoms. The molecule has 0 unspecified atom stereocenters. The van der Waals surface area contributed by atoms with Gasteiger partial charge in [0.25, 0.3) is 0 Å². The van der Waals surface area contributed by atoms with Crippen LogP contribution in [0, 0.1) is 12.8 Å². The highest BCUT2D eigenvalue weighted by molar-refractivity contribution is 5.27. The number of aromatic nitrogens is 1. The van der Waals surface area contributed by atoms with Crippen LogP contribution in [-0.2, 0) is 17.7 Å². The van der Waals surface area contributed by atoms with Gasteiger partial charge in [-0.1, -0.05) is 18.2 Å². The highest BCUT2D eigenvalue weighted by Gasteiger charge is 2.29. The molecule has 1 fully saturated rings. The van der Waals surface area contributed by atoms with Gasteiger partial charge in [0.15, 0.2) is 0 Å². The SMILES string of the molecule is COc1ccc(C[C@H]2CN(Cc3cccc(C)n3)CC[C@@H]2OC)cc1. The molecule has 1 aromatic carbocycles. The molecule has 1 aliphatic heterocycles. The van der Waals surface area contributed by atoms with Crippen molar-refractivity contribution < 1.29 is 9.47 Å². The van der Waals surface area contributed by atoms with Crippen LogP contribution in [0.3, 0.4) is 0 Å². The van der Waals surface area contributed by atoms with Gasteiger partial charge in [0.05, 0.1) is 18.9 Å². The summed E-state index contributed by atoms with van der Waals surface area (Å²) in [5.41, 5.74) is 3.57. The number of likely N-dealkylation sites (tertiary alicyclic amines) is 1. The number of hydrogen-bond donors (Lipinski definition) is 0. The Morgan fingerprint density at radius 3 is 2.60 bits per heavy atom. The first-order valence-corrected chi connectivity index (χ1v) is 8.98. The lowest BCUT2D eigenvalue weighted by molar-refractivity contribution is -0.00878. The first kappa shape index (κ1) is 17.9. The summed E-state index contributed by atoms with van der Waals surface area (Å²) in [6, 6.07) is 14.7. The predicted molar refractivity (Wildman–Crippen MR) is 99.9 cm³/mol. The Kier molecular flexibility index (Phi) is 6.05.